The lowest BCUT2D eigenvalue weighted by Crippen LogP contribution is -2.29. The van der Waals surface area contributed by atoms with Gasteiger partial charge in [0, 0.05) is 11.8 Å². The number of aliphatic hydroxyl groups is 1. The van der Waals surface area contributed by atoms with Crippen LogP contribution in [0.5, 0.6) is 0 Å². The SMILES string of the molecule is Cc1cc(NC(=O)CNc2cccc(CO)c2)n(C(C)(C)C)n1. The molecule has 6 nitrogen and oxygen atoms in total. The quantitative estimate of drug-likeness (QED) is 0.792. The Morgan fingerprint density at radius 3 is 2.70 bits per heavy atom. The molecule has 2 aromatic rings. The number of carbonyl (C=O) groups excluding carboxylic acids is 1. The molecule has 0 aliphatic rings. The van der Waals surface area contributed by atoms with E-state index in [0.717, 1.165) is 16.9 Å². The van der Waals surface area contributed by atoms with Crippen LogP contribution in [0.1, 0.15) is 32.0 Å². The molecule has 1 aromatic carbocycles. The molecule has 1 aromatic heterocycles. The Morgan fingerprint density at radius 2 is 2.04 bits per heavy atom. The van der Waals surface area contributed by atoms with Crippen molar-refractivity contribution < 1.29 is 9.90 Å². The van der Waals surface area contributed by atoms with Crippen LogP contribution in [0, 0.1) is 6.92 Å². The number of aliphatic hydroxyl groups excluding tert-OH is 1. The summed E-state index contributed by atoms with van der Waals surface area (Å²) >= 11 is 0. The van der Waals surface area contributed by atoms with Crippen molar-refractivity contribution >= 4 is 17.4 Å². The van der Waals surface area contributed by atoms with Crippen LogP contribution >= 0.6 is 0 Å². The topological polar surface area (TPSA) is 79.2 Å². The van der Waals surface area contributed by atoms with Crippen LogP contribution in [0.15, 0.2) is 30.3 Å². The molecular formula is C17H24N4O2. The lowest BCUT2D eigenvalue weighted by Gasteiger charge is -2.22. The van der Waals surface area contributed by atoms with Crippen molar-refractivity contribution in [3.05, 3.63) is 41.6 Å². The summed E-state index contributed by atoms with van der Waals surface area (Å²) in [6, 6.07) is 9.20. The lowest BCUT2D eigenvalue weighted by molar-refractivity contribution is -0.114. The Hall–Kier alpha value is -2.34. The maximum absolute atomic E-state index is 12.2. The summed E-state index contributed by atoms with van der Waals surface area (Å²) in [5.74, 6) is 0.538. The molecule has 0 spiro atoms. The summed E-state index contributed by atoms with van der Waals surface area (Å²) in [7, 11) is 0. The summed E-state index contributed by atoms with van der Waals surface area (Å²) in [5, 5.41) is 19.5. The molecule has 0 unspecified atom stereocenters. The van der Waals surface area contributed by atoms with Crippen molar-refractivity contribution in [2.24, 2.45) is 0 Å². The number of aromatic nitrogens is 2. The van der Waals surface area contributed by atoms with Gasteiger partial charge < -0.3 is 15.7 Å². The van der Waals surface area contributed by atoms with E-state index in [4.69, 9.17) is 5.11 Å². The van der Waals surface area contributed by atoms with Crippen molar-refractivity contribution in [1.82, 2.24) is 9.78 Å². The zero-order valence-corrected chi connectivity index (χ0v) is 14.1. The first-order valence-corrected chi connectivity index (χ1v) is 7.60. The predicted octanol–water partition coefficient (Wildman–Crippen LogP) is 2.49. The molecule has 0 saturated heterocycles. The van der Waals surface area contributed by atoms with Crippen LogP contribution in [-0.2, 0) is 16.9 Å². The Labute approximate surface area is 136 Å². The van der Waals surface area contributed by atoms with E-state index in [1.165, 1.54) is 0 Å². The first-order valence-electron chi connectivity index (χ1n) is 7.60. The molecule has 0 aliphatic heterocycles. The fourth-order valence-corrected chi connectivity index (χ4v) is 2.25. The maximum atomic E-state index is 12.2. The van der Waals surface area contributed by atoms with Crippen LogP contribution in [0.4, 0.5) is 11.5 Å². The second kappa shape index (κ2) is 6.83. The highest BCUT2D eigenvalue weighted by atomic mass is 16.3. The zero-order chi connectivity index (χ0) is 17.0. The molecular weight excluding hydrogens is 292 g/mol. The minimum absolute atomic E-state index is 0.0221. The van der Waals surface area contributed by atoms with Crippen molar-refractivity contribution in [3.8, 4) is 0 Å². The molecule has 1 heterocycles. The van der Waals surface area contributed by atoms with Crippen LogP contribution in [0.3, 0.4) is 0 Å². The highest BCUT2D eigenvalue weighted by Crippen LogP contribution is 2.21. The van der Waals surface area contributed by atoms with E-state index in [0.29, 0.717) is 5.82 Å². The molecule has 23 heavy (non-hydrogen) atoms. The van der Waals surface area contributed by atoms with E-state index in [9.17, 15) is 4.79 Å². The van der Waals surface area contributed by atoms with Crippen LogP contribution in [-0.4, -0.2) is 27.3 Å². The average molecular weight is 316 g/mol. The van der Waals surface area contributed by atoms with Gasteiger partial charge in [0.25, 0.3) is 0 Å². The number of anilines is 2. The molecule has 3 N–H and O–H groups in total. The Kier molecular flexibility index (Phi) is 5.05. The van der Waals surface area contributed by atoms with E-state index >= 15 is 0 Å². The van der Waals surface area contributed by atoms with Gasteiger partial charge in [0.1, 0.15) is 5.82 Å². The van der Waals surface area contributed by atoms with Gasteiger partial charge in [0.05, 0.1) is 24.4 Å². The number of rotatable bonds is 5. The van der Waals surface area contributed by atoms with Crippen LogP contribution in [0.25, 0.3) is 0 Å². The number of nitrogens with zero attached hydrogens (tertiary/aromatic N) is 2. The summed E-state index contributed by atoms with van der Waals surface area (Å²) in [6.07, 6.45) is 0. The third-order valence-electron chi connectivity index (χ3n) is 3.30. The number of nitrogens with one attached hydrogen (secondary N) is 2. The van der Waals surface area contributed by atoms with Gasteiger partial charge in [-0.05, 0) is 45.4 Å². The number of hydrogen-bond donors (Lipinski definition) is 3. The van der Waals surface area contributed by atoms with E-state index in [1.54, 1.807) is 0 Å². The van der Waals surface area contributed by atoms with Crippen LogP contribution < -0.4 is 10.6 Å². The van der Waals surface area contributed by atoms with E-state index in [2.05, 4.69) is 15.7 Å². The summed E-state index contributed by atoms with van der Waals surface area (Å²) in [6.45, 7) is 8.13. The molecule has 6 heteroatoms. The van der Waals surface area contributed by atoms with E-state index in [1.807, 2.05) is 62.7 Å². The second-order valence-corrected chi connectivity index (χ2v) is 6.51. The zero-order valence-electron chi connectivity index (χ0n) is 14.1. The number of carbonyl (C=O) groups is 1. The largest absolute Gasteiger partial charge is 0.392 e. The molecule has 0 radical (unpaired) electrons. The smallest absolute Gasteiger partial charge is 0.244 e. The van der Waals surface area contributed by atoms with Gasteiger partial charge in [-0.3, -0.25) is 4.79 Å². The molecule has 0 aliphatic carbocycles. The maximum Gasteiger partial charge on any atom is 0.244 e. The predicted molar refractivity (Wildman–Crippen MR) is 91.4 cm³/mol. The molecule has 124 valence electrons. The highest BCUT2D eigenvalue weighted by Gasteiger charge is 2.19. The fourth-order valence-electron chi connectivity index (χ4n) is 2.25. The average Bonchev–Trinajstić information content (AvgIpc) is 2.86. The van der Waals surface area contributed by atoms with Crippen molar-refractivity contribution in [2.45, 2.75) is 39.8 Å². The first-order chi connectivity index (χ1) is 10.8. The normalized spacial score (nSPS) is 11.3. The number of benzene rings is 1. The standard InChI is InChI=1S/C17H24N4O2/c1-12-8-15(21(20-12)17(2,3)4)19-16(23)10-18-14-7-5-6-13(9-14)11-22/h5-9,18,22H,10-11H2,1-4H3,(H,19,23). The number of hydrogen-bond acceptors (Lipinski definition) is 4. The van der Waals surface area contributed by atoms with Gasteiger partial charge in [0.2, 0.25) is 5.91 Å². The number of aryl methyl sites for hydroxylation is 1. The molecule has 0 bridgehead atoms. The number of amides is 1. The van der Waals surface area contributed by atoms with E-state index < -0.39 is 0 Å². The molecule has 1 amide bonds. The van der Waals surface area contributed by atoms with Gasteiger partial charge in [-0.25, -0.2) is 4.68 Å². The van der Waals surface area contributed by atoms with E-state index in [-0.39, 0.29) is 24.6 Å². The van der Waals surface area contributed by atoms with Crippen molar-refractivity contribution in [1.29, 1.82) is 0 Å². The molecule has 0 atom stereocenters. The second-order valence-electron chi connectivity index (χ2n) is 6.51. The molecule has 0 fully saturated rings. The Balaban J connectivity index is 2.00. The Morgan fingerprint density at radius 1 is 1.30 bits per heavy atom. The third kappa shape index (κ3) is 4.56. The highest BCUT2D eigenvalue weighted by molar-refractivity contribution is 5.93. The van der Waals surface area contributed by atoms with Gasteiger partial charge in [-0.15, -0.1) is 0 Å². The van der Waals surface area contributed by atoms with Gasteiger partial charge in [-0.2, -0.15) is 5.10 Å². The summed E-state index contributed by atoms with van der Waals surface area (Å²) in [5.41, 5.74) is 2.25. The molecule has 0 saturated carbocycles. The minimum Gasteiger partial charge on any atom is -0.392 e. The van der Waals surface area contributed by atoms with Crippen molar-refractivity contribution in [2.75, 3.05) is 17.2 Å². The minimum atomic E-state index is -0.209. The van der Waals surface area contributed by atoms with Crippen LogP contribution in [0.2, 0.25) is 0 Å². The van der Waals surface area contributed by atoms with Gasteiger partial charge in [-0.1, -0.05) is 12.1 Å². The van der Waals surface area contributed by atoms with Gasteiger partial charge >= 0.3 is 0 Å². The fraction of sp³-hybridized carbons (Fsp3) is 0.412. The summed E-state index contributed by atoms with van der Waals surface area (Å²) < 4.78 is 1.81. The monoisotopic (exact) mass is 316 g/mol. The van der Waals surface area contributed by atoms with Gasteiger partial charge in [0.15, 0.2) is 0 Å². The lowest BCUT2D eigenvalue weighted by atomic mass is 10.1. The first kappa shape index (κ1) is 17.0. The molecule has 2 rings (SSSR count). The Bertz CT molecular complexity index is 686. The summed E-state index contributed by atoms with van der Waals surface area (Å²) in [4.78, 5) is 12.2. The third-order valence-corrected chi connectivity index (χ3v) is 3.30. The van der Waals surface area contributed by atoms with Crippen molar-refractivity contribution in [3.63, 3.8) is 0 Å².